The van der Waals surface area contributed by atoms with Crippen molar-refractivity contribution in [2.24, 2.45) is 5.92 Å². The topological polar surface area (TPSA) is 76.4 Å². The zero-order valence-corrected chi connectivity index (χ0v) is 13.9. The molecule has 0 spiro atoms. The molecule has 122 valence electrons. The van der Waals surface area contributed by atoms with E-state index < -0.39 is 21.0 Å². The molecule has 1 saturated carbocycles. The van der Waals surface area contributed by atoms with E-state index in [1.165, 1.54) is 24.3 Å². The van der Waals surface area contributed by atoms with Crippen LogP contribution in [0.4, 0.5) is 0 Å². The maximum Gasteiger partial charge on any atom is 0.231 e. The lowest BCUT2D eigenvalue weighted by Gasteiger charge is -2.05. The minimum absolute atomic E-state index is 0.150. The lowest BCUT2D eigenvalue weighted by atomic mass is 10.1. The standard InChI is InChI=1S/C17H12ClNO4S/c18-11-2-4-12(5-3-11)24(20,21)17-13(8-19)16(17)10-1-6-14-15(7-10)23-9-22-14/h1-7,13,16-17H,9H2/t13-,16-,17+/m1/s1. The van der Waals surface area contributed by atoms with Crippen molar-refractivity contribution in [1.82, 2.24) is 0 Å². The molecular formula is C17H12ClNO4S. The molecule has 2 aromatic carbocycles. The van der Waals surface area contributed by atoms with Gasteiger partial charge < -0.3 is 9.47 Å². The summed E-state index contributed by atoms with van der Waals surface area (Å²) in [5.74, 6) is 0.264. The number of benzene rings is 2. The number of hydrogen-bond donors (Lipinski definition) is 0. The quantitative estimate of drug-likeness (QED) is 0.839. The minimum atomic E-state index is -3.61. The van der Waals surface area contributed by atoms with Gasteiger partial charge in [0.25, 0.3) is 0 Å². The highest BCUT2D eigenvalue weighted by atomic mass is 35.5. The van der Waals surface area contributed by atoms with Gasteiger partial charge in [0.15, 0.2) is 21.3 Å². The van der Waals surface area contributed by atoms with Crippen molar-refractivity contribution in [3.8, 4) is 17.6 Å². The molecule has 4 rings (SSSR count). The van der Waals surface area contributed by atoms with Gasteiger partial charge >= 0.3 is 0 Å². The van der Waals surface area contributed by atoms with Crippen molar-refractivity contribution in [3.05, 3.63) is 53.1 Å². The minimum Gasteiger partial charge on any atom is -0.454 e. The largest absolute Gasteiger partial charge is 0.454 e. The first kappa shape index (κ1) is 15.3. The number of nitrogens with zero attached hydrogens (tertiary/aromatic N) is 1. The Morgan fingerprint density at radius 1 is 1.08 bits per heavy atom. The van der Waals surface area contributed by atoms with Crippen LogP contribution in [0.25, 0.3) is 0 Å². The second-order valence-electron chi connectivity index (χ2n) is 5.76. The van der Waals surface area contributed by atoms with Crippen LogP contribution in [0.15, 0.2) is 47.4 Å². The zero-order chi connectivity index (χ0) is 16.9. The molecular weight excluding hydrogens is 350 g/mol. The molecule has 1 fully saturated rings. The molecule has 0 aromatic heterocycles. The number of ether oxygens (including phenoxy) is 2. The molecule has 2 aliphatic rings. The predicted molar refractivity (Wildman–Crippen MR) is 86.8 cm³/mol. The van der Waals surface area contributed by atoms with Gasteiger partial charge in [-0.1, -0.05) is 17.7 Å². The highest BCUT2D eigenvalue weighted by Crippen LogP contribution is 2.54. The van der Waals surface area contributed by atoms with Crippen LogP contribution in [0.5, 0.6) is 11.5 Å². The second-order valence-corrected chi connectivity index (χ2v) is 8.30. The fourth-order valence-corrected chi connectivity index (χ4v) is 5.32. The molecule has 1 aliphatic heterocycles. The lowest BCUT2D eigenvalue weighted by molar-refractivity contribution is 0.174. The maximum absolute atomic E-state index is 12.8. The van der Waals surface area contributed by atoms with E-state index in [0.29, 0.717) is 16.5 Å². The Hall–Kier alpha value is -2.23. The third-order valence-electron chi connectivity index (χ3n) is 4.38. The summed E-state index contributed by atoms with van der Waals surface area (Å²) < 4.78 is 36.3. The van der Waals surface area contributed by atoms with Gasteiger partial charge in [-0.05, 0) is 42.0 Å². The Bertz CT molecular complexity index is 950. The van der Waals surface area contributed by atoms with E-state index >= 15 is 0 Å². The molecule has 7 heteroatoms. The van der Waals surface area contributed by atoms with Crippen LogP contribution in [0.3, 0.4) is 0 Å². The van der Waals surface area contributed by atoms with E-state index in [2.05, 4.69) is 6.07 Å². The molecule has 0 bridgehead atoms. The average Bonchev–Trinajstić information content (AvgIpc) is 3.15. The van der Waals surface area contributed by atoms with Gasteiger partial charge in [-0.15, -0.1) is 0 Å². The summed E-state index contributed by atoms with van der Waals surface area (Å²) in [7, 11) is -3.61. The van der Waals surface area contributed by atoms with Gasteiger partial charge in [-0.3, -0.25) is 0 Å². The van der Waals surface area contributed by atoms with Gasteiger partial charge in [0.2, 0.25) is 6.79 Å². The molecule has 1 aliphatic carbocycles. The second kappa shape index (κ2) is 5.40. The van der Waals surface area contributed by atoms with Crippen molar-refractivity contribution >= 4 is 21.4 Å². The Morgan fingerprint density at radius 3 is 2.50 bits per heavy atom. The third kappa shape index (κ3) is 2.32. The first-order chi connectivity index (χ1) is 11.5. The van der Waals surface area contributed by atoms with E-state index in [-0.39, 0.29) is 17.6 Å². The van der Waals surface area contributed by atoms with E-state index in [1.807, 2.05) is 0 Å². The van der Waals surface area contributed by atoms with Crippen LogP contribution < -0.4 is 9.47 Å². The third-order valence-corrected chi connectivity index (χ3v) is 6.87. The zero-order valence-electron chi connectivity index (χ0n) is 12.3. The van der Waals surface area contributed by atoms with Crippen LogP contribution in [-0.4, -0.2) is 20.5 Å². The van der Waals surface area contributed by atoms with Crippen molar-refractivity contribution in [3.63, 3.8) is 0 Å². The molecule has 2 aromatic rings. The predicted octanol–water partition coefficient (Wildman–Crippen LogP) is 3.15. The highest BCUT2D eigenvalue weighted by molar-refractivity contribution is 7.92. The molecule has 3 atom stereocenters. The SMILES string of the molecule is N#C[C@@H]1[C@@H](c2ccc3c(c2)OCO3)[C@H]1S(=O)(=O)c1ccc(Cl)cc1. The Labute approximate surface area is 144 Å². The van der Waals surface area contributed by atoms with Crippen molar-refractivity contribution in [2.75, 3.05) is 6.79 Å². The normalized spacial score (nSPS) is 24.4. The Kier molecular flexibility index (Phi) is 3.44. The molecule has 0 N–H and O–H groups in total. The summed E-state index contributed by atoms with van der Waals surface area (Å²) in [5, 5.41) is 9.07. The average molecular weight is 362 g/mol. The fraction of sp³-hybridized carbons (Fsp3) is 0.235. The summed E-state index contributed by atoms with van der Waals surface area (Å²) in [4.78, 5) is 0.181. The number of hydrogen-bond acceptors (Lipinski definition) is 5. The molecule has 0 amide bonds. The van der Waals surface area contributed by atoms with E-state index in [0.717, 1.165) is 5.56 Å². The summed E-state index contributed by atoms with van der Waals surface area (Å²) >= 11 is 5.82. The fourth-order valence-electron chi connectivity index (χ4n) is 3.12. The van der Waals surface area contributed by atoms with E-state index in [9.17, 15) is 13.7 Å². The number of nitriles is 1. The monoisotopic (exact) mass is 361 g/mol. The highest BCUT2D eigenvalue weighted by Gasteiger charge is 2.59. The van der Waals surface area contributed by atoms with E-state index in [4.69, 9.17) is 21.1 Å². The molecule has 0 saturated heterocycles. The van der Waals surface area contributed by atoms with Crippen LogP contribution in [0.1, 0.15) is 11.5 Å². The maximum atomic E-state index is 12.8. The molecule has 5 nitrogen and oxygen atoms in total. The van der Waals surface area contributed by atoms with Gasteiger partial charge in [0.1, 0.15) is 0 Å². The van der Waals surface area contributed by atoms with Crippen molar-refractivity contribution in [2.45, 2.75) is 16.1 Å². The van der Waals surface area contributed by atoms with Crippen LogP contribution in [0, 0.1) is 17.2 Å². The molecule has 0 unspecified atom stereocenters. The molecule has 1 heterocycles. The van der Waals surface area contributed by atoms with Gasteiger partial charge in [-0.2, -0.15) is 5.26 Å². The van der Waals surface area contributed by atoms with Crippen LogP contribution >= 0.6 is 11.6 Å². The summed E-state index contributed by atoms with van der Waals surface area (Å²) in [5.41, 5.74) is 0.772. The molecule has 0 radical (unpaired) electrons. The lowest BCUT2D eigenvalue weighted by Crippen LogP contribution is -2.10. The van der Waals surface area contributed by atoms with Crippen molar-refractivity contribution < 1.29 is 17.9 Å². The number of fused-ring (bicyclic) bond motifs is 1. The van der Waals surface area contributed by atoms with Crippen molar-refractivity contribution in [1.29, 1.82) is 5.26 Å². The van der Waals surface area contributed by atoms with Gasteiger partial charge in [-0.25, -0.2) is 8.42 Å². The molecule has 24 heavy (non-hydrogen) atoms. The van der Waals surface area contributed by atoms with Crippen LogP contribution in [-0.2, 0) is 9.84 Å². The number of sulfone groups is 1. The first-order valence-corrected chi connectivity index (χ1v) is 9.23. The first-order valence-electron chi connectivity index (χ1n) is 7.31. The smallest absolute Gasteiger partial charge is 0.231 e. The number of rotatable bonds is 3. The Balaban J connectivity index is 1.69. The summed E-state index contributed by atoms with van der Waals surface area (Å²) in [6, 6.07) is 13.4. The summed E-state index contributed by atoms with van der Waals surface area (Å²) in [6.07, 6.45) is 0. The van der Waals surface area contributed by atoms with E-state index in [1.54, 1.807) is 18.2 Å². The van der Waals surface area contributed by atoms with Gasteiger partial charge in [0, 0.05) is 10.9 Å². The van der Waals surface area contributed by atoms with Gasteiger partial charge in [0.05, 0.1) is 22.1 Å². The van der Waals surface area contributed by atoms with Crippen LogP contribution in [0.2, 0.25) is 5.02 Å². The Morgan fingerprint density at radius 2 is 1.79 bits per heavy atom. The number of halogens is 1. The summed E-state index contributed by atoms with van der Waals surface area (Å²) in [6.45, 7) is 0.150.